The van der Waals surface area contributed by atoms with Gasteiger partial charge in [-0.1, -0.05) is 6.07 Å². The van der Waals surface area contributed by atoms with Gasteiger partial charge in [-0.15, -0.1) is 11.3 Å². The smallest absolute Gasteiger partial charge is 0.407 e. The van der Waals surface area contributed by atoms with Crippen LogP contribution < -0.4 is 5.32 Å². The SMILES string of the molecule is Cc1sc(C(=O)N2C3CCC2CC(NC(=O)OC(C)(C)C)C3)cc1-c1ccc(C#N)c(F)c1. The van der Waals surface area contributed by atoms with Crippen LogP contribution in [-0.2, 0) is 4.74 Å². The van der Waals surface area contributed by atoms with E-state index in [1.165, 1.54) is 23.5 Å². The molecule has 2 aromatic rings. The lowest BCUT2D eigenvalue weighted by atomic mass is 9.97. The van der Waals surface area contributed by atoms with Crippen molar-refractivity contribution in [2.24, 2.45) is 0 Å². The zero-order valence-electron chi connectivity index (χ0n) is 19.3. The van der Waals surface area contributed by atoms with Crippen molar-refractivity contribution in [3.8, 4) is 17.2 Å². The Hall–Kier alpha value is -2.92. The minimum Gasteiger partial charge on any atom is -0.444 e. The number of nitriles is 1. The van der Waals surface area contributed by atoms with E-state index in [0.717, 1.165) is 23.3 Å². The van der Waals surface area contributed by atoms with Gasteiger partial charge in [-0.25, -0.2) is 9.18 Å². The van der Waals surface area contributed by atoms with Crippen LogP contribution in [0.3, 0.4) is 0 Å². The molecule has 0 spiro atoms. The van der Waals surface area contributed by atoms with Gasteiger partial charge in [0.1, 0.15) is 17.5 Å². The molecule has 2 aliphatic rings. The predicted octanol–water partition coefficient (Wildman–Crippen LogP) is 5.39. The summed E-state index contributed by atoms with van der Waals surface area (Å²) < 4.78 is 19.5. The summed E-state index contributed by atoms with van der Waals surface area (Å²) in [6, 6.07) is 8.33. The number of piperidine rings is 1. The van der Waals surface area contributed by atoms with E-state index in [-0.39, 0.29) is 29.6 Å². The lowest BCUT2D eigenvalue weighted by molar-refractivity contribution is 0.0420. The summed E-state index contributed by atoms with van der Waals surface area (Å²) in [6.07, 6.45) is 2.83. The fourth-order valence-electron chi connectivity index (χ4n) is 4.88. The van der Waals surface area contributed by atoms with Gasteiger partial charge in [-0.05, 0) is 82.7 Å². The number of halogens is 1. The minimum atomic E-state index is -0.564. The molecular weight excluding hydrogens is 441 g/mol. The first-order chi connectivity index (χ1) is 15.6. The average Bonchev–Trinajstić information content (AvgIpc) is 3.23. The predicted molar refractivity (Wildman–Crippen MR) is 125 cm³/mol. The van der Waals surface area contributed by atoms with Gasteiger partial charge >= 0.3 is 6.09 Å². The molecule has 2 bridgehead atoms. The number of hydrogen-bond acceptors (Lipinski definition) is 5. The lowest BCUT2D eigenvalue weighted by Gasteiger charge is -2.39. The molecule has 0 aliphatic carbocycles. The molecule has 2 amide bonds. The number of thiophene rings is 1. The first-order valence-corrected chi connectivity index (χ1v) is 12.0. The summed E-state index contributed by atoms with van der Waals surface area (Å²) in [5.41, 5.74) is 0.914. The third-order valence-corrected chi connectivity index (χ3v) is 7.26. The van der Waals surface area contributed by atoms with E-state index in [4.69, 9.17) is 10.00 Å². The Bertz CT molecular complexity index is 1120. The summed E-state index contributed by atoms with van der Waals surface area (Å²) >= 11 is 1.41. The second kappa shape index (κ2) is 8.79. The Morgan fingerprint density at radius 2 is 1.88 bits per heavy atom. The minimum absolute atomic E-state index is 0.00219. The molecule has 3 heterocycles. The van der Waals surface area contributed by atoms with Gasteiger partial charge in [-0.2, -0.15) is 5.26 Å². The number of rotatable bonds is 3. The number of nitrogens with zero attached hydrogens (tertiary/aromatic N) is 2. The van der Waals surface area contributed by atoms with Gasteiger partial charge in [-0.3, -0.25) is 4.79 Å². The fourth-order valence-corrected chi connectivity index (χ4v) is 5.86. The second-order valence-corrected chi connectivity index (χ2v) is 11.1. The van der Waals surface area contributed by atoms with Gasteiger partial charge in [0.2, 0.25) is 0 Å². The number of nitrogens with one attached hydrogen (secondary N) is 1. The maximum atomic E-state index is 14.1. The Kier molecular flexibility index (Phi) is 6.19. The van der Waals surface area contributed by atoms with E-state index in [1.54, 1.807) is 6.07 Å². The van der Waals surface area contributed by atoms with Crippen molar-refractivity contribution in [1.29, 1.82) is 5.26 Å². The molecule has 1 N–H and O–H groups in total. The van der Waals surface area contributed by atoms with E-state index in [0.29, 0.717) is 23.3 Å². The number of carbonyl (C=O) groups is 2. The van der Waals surface area contributed by atoms with E-state index in [2.05, 4.69) is 5.32 Å². The monoisotopic (exact) mass is 469 g/mol. The topological polar surface area (TPSA) is 82.4 Å². The molecule has 6 nitrogen and oxygen atoms in total. The molecule has 0 saturated carbocycles. The Morgan fingerprint density at radius 3 is 2.45 bits per heavy atom. The molecule has 4 rings (SSSR count). The molecule has 174 valence electrons. The molecule has 2 saturated heterocycles. The molecule has 1 aromatic carbocycles. The van der Waals surface area contributed by atoms with Gasteiger partial charge in [0.15, 0.2) is 0 Å². The zero-order chi connectivity index (χ0) is 23.9. The van der Waals surface area contributed by atoms with E-state index in [1.807, 2.05) is 44.7 Å². The molecule has 0 radical (unpaired) electrons. The molecule has 2 fully saturated rings. The van der Waals surface area contributed by atoms with Crippen LogP contribution in [-0.4, -0.2) is 40.6 Å². The van der Waals surface area contributed by atoms with Crippen molar-refractivity contribution in [3.05, 3.63) is 45.4 Å². The molecule has 33 heavy (non-hydrogen) atoms. The van der Waals surface area contributed by atoms with Crippen molar-refractivity contribution >= 4 is 23.3 Å². The van der Waals surface area contributed by atoms with Crippen molar-refractivity contribution in [3.63, 3.8) is 0 Å². The standard InChI is InChI=1S/C25H28FN3O3S/c1-14-20(15-5-6-16(13-27)21(26)9-15)12-22(33-14)23(30)29-18-7-8-19(29)11-17(10-18)28-24(31)32-25(2,3)4/h5-6,9,12,17-19H,7-8,10-11H2,1-4H3,(H,28,31). The zero-order valence-corrected chi connectivity index (χ0v) is 20.1. The van der Waals surface area contributed by atoms with E-state index in [9.17, 15) is 14.0 Å². The van der Waals surface area contributed by atoms with Crippen molar-refractivity contribution < 1.29 is 18.7 Å². The maximum absolute atomic E-state index is 14.1. The molecule has 8 heteroatoms. The number of hydrogen-bond donors (Lipinski definition) is 1. The number of fused-ring (bicyclic) bond motifs is 2. The molecule has 2 atom stereocenters. The number of aryl methyl sites for hydroxylation is 1. The second-order valence-electron chi connectivity index (χ2n) is 9.80. The van der Waals surface area contributed by atoms with Crippen LogP contribution in [0.15, 0.2) is 24.3 Å². The average molecular weight is 470 g/mol. The van der Waals surface area contributed by atoms with Crippen LogP contribution in [0.4, 0.5) is 9.18 Å². The molecule has 2 unspecified atom stereocenters. The first kappa shape index (κ1) is 23.2. The summed E-state index contributed by atoms with van der Waals surface area (Å²) in [5, 5.41) is 11.9. The Labute approximate surface area is 197 Å². The summed E-state index contributed by atoms with van der Waals surface area (Å²) in [4.78, 5) is 29.2. The van der Waals surface area contributed by atoms with Crippen LogP contribution >= 0.6 is 11.3 Å². The van der Waals surface area contributed by atoms with Crippen molar-refractivity contribution in [1.82, 2.24) is 10.2 Å². The lowest BCUT2D eigenvalue weighted by Crippen LogP contribution is -2.52. The largest absolute Gasteiger partial charge is 0.444 e. The van der Waals surface area contributed by atoms with Gasteiger partial charge in [0, 0.05) is 23.0 Å². The van der Waals surface area contributed by atoms with Crippen LogP contribution in [0, 0.1) is 24.1 Å². The fraction of sp³-hybridized carbons (Fsp3) is 0.480. The summed E-state index contributed by atoms with van der Waals surface area (Å²) in [5.74, 6) is -0.572. The van der Waals surface area contributed by atoms with Crippen LogP contribution in [0.25, 0.3) is 11.1 Å². The number of amides is 2. The highest BCUT2D eigenvalue weighted by molar-refractivity contribution is 7.14. The van der Waals surface area contributed by atoms with Gasteiger partial charge in [0.05, 0.1) is 10.4 Å². The van der Waals surface area contributed by atoms with Crippen LogP contribution in [0.5, 0.6) is 0 Å². The van der Waals surface area contributed by atoms with Crippen LogP contribution in [0.1, 0.15) is 66.6 Å². The number of carbonyl (C=O) groups excluding carboxylic acids is 2. The van der Waals surface area contributed by atoms with Crippen molar-refractivity contribution in [2.45, 2.75) is 77.1 Å². The normalized spacial score (nSPS) is 22.1. The maximum Gasteiger partial charge on any atom is 0.407 e. The Morgan fingerprint density at radius 1 is 1.21 bits per heavy atom. The van der Waals surface area contributed by atoms with Gasteiger partial charge < -0.3 is 15.0 Å². The highest BCUT2D eigenvalue weighted by Gasteiger charge is 2.44. The Balaban J connectivity index is 1.48. The third kappa shape index (κ3) is 4.88. The van der Waals surface area contributed by atoms with E-state index < -0.39 is 17.5 Å². The van der Waals surface area contributed by atoms with Crippen molar-refractivity contribution in [2.75, 3.05) is 0 Å². The highest BCUT2D eigenvalue weighted by atomic mass is 32.1. The summed E-state index contributed by atoms with van der Waals surface area (Å²) in [7, 11) is 0. The van der Waals surface area contributed by atoms with Gasteiger partial charge in [0.25, 0.3) is 5.91 Å². The number of ether oxygens (including phenoxy) is 1. The number of alkyl carbamates (subject to hydrolysis) is 1. The first-order valence-electron chi connectivity index (χ1n) is 11.2. The molecule has 2 aliphatic heterocycles. The number of benzene rings is 1. The molecule has 1 aromatic heterocycles. The van der Waals surface area contributed by atoms with E-state index >= 15 is 0 Å². The van der Waals surface area contributed by atoms with Crippen LogP contribution in [0.2, 0.25) is 0 Å². The molecular formula is C25H28FN3O3S. The highest BCUT2D eigenvalue weighted by Crippen LogP contribution is 2.39. The third-order valence-electron chi connectivity index (χ3n) is 6.22. The summed E-state index contributed by atoms with van der Waals surface area (Å²) in [6.45, 7) is 7.42. The quantitative estimate of drug-likeness (QED) is 0.653.